The maximum Gasteiger partial charge on any atom is 0.276 e. The summed E-state index contributed by atoms with van der Waals surface area (Å²) in [6, 6.07) is 26.3. The van der Waals surface area contributed by atoms with Crippen molar-refractivity contribution in [3.63, 3.8) is 0 Å². The van der Waals surface area contributed by atoms with Crippen molar-refractivity contribution in [1.82, 2.24) is 15.7 Å². The predicted octanol–water partition coefficient (Wildman–Crippen LogP) is 4.11. The summed E-state index contributed by atoms with van der Waals surface area (Å²) in [6.45, 7) is 5.30. The van der Waals surface area contributed by atoms with Crippen LogP contribution in [-0.2, 0) is 14.4 Å². The minimum atomic E-state index is -1.83. The van der Waals surface area contributed by atoms with Crippen molar-refractivity contribution in [3.05, 3.63) is 114 Å². The van der Waals surface area contributed by atoms with Crippen LogP contribution in [0.1, 0.15) is 49.9 Å². The molecule has 0 unspecified atom stereocenters. The van der Waals surface area contributed by atoms with Gasteiger partial charge in [0.2, 0.25) is 11.8 Å². The van der Waals surface area contributed by atoms with Crippen molar-refractivity contribution in [2.45, 2.75) is 45.4 Å². The molecular formula is C32H37N3O5. The second-order valence-electron chi connectivity index (χ2n) is 10.6. The molecule has 0 saturated heterocycles. The average molecular weight is 544 g/mol. The van der Waals surface area contributed by atoms with Gasteiger partial charge >= 0.3 is 0 Å². The van der Waals surface area contributed by atoms with Gasteiger partial charge in [0.1, 0.15) is 12.1 Å². The SMILES string of the molecule is CC(C)(C)[C@@H](C(=O)NC(c1ccccc1)c1ccccc1)N(O)C(=O)[C@@H](O)CC(=O)NCC=Cc1ccccc1. The van der Waals surface area contributed by atoms with Crippen molar-refractivity contribution in [2.24, 2.45) is 5.41 Å². The van der Waals surface area contributed by atoms with E-state index in [1.165, 1.54) is 0 Å². The average Bonchev–Trinajstić information content (AvgIpc) is 2.94. The van der Waals surface area contributed by atoms with E-state index in [1.807, 2.05) is 97.1 Å². The zero-order valence-electron chi connectivity index (χ0n) is 23.0. The molecule has 3 aromatic rings. The van der Waals surface area contributed by atoms with Crippen LogP contribution < -0.4 is 10.6 Å². The number of carbonyl (C=O) groups is 3. The lowest BCUT2D eigenvalue weighted by Crippen LogP contribution is -2.57. The lowest BCUT2D eigenvalue weighted by atomic mass is 9.85. The molecule has 3 rings (SSSR count). The first kappa shape index (κ1) is 30.3. The maximum atomic E-state index is 13.6. The second-order valence-corrected chi connectivity index (χ2v) is 10.6. The van der Waals surface area contributed by atoms with E-state index in [-0.39, 0.29) is 11.6 Å². The largest absolute Gasteiger partial charge is 0.383 e. The van der Waals surface area contributed by atoms with Crippen molar-refractivity contribution in [3.8, 4) is 0 Å². The van der Waals surface area contributed by atoms with Gasteiger partial charge in [-0.1, -0.05) is 124 Å². The lowest BCUT2D eigenvalue weighted by molar-refractivity contribution is -0.197. The highest BCUT2D eigenvalue weighted by molar-refractivity contribution is 5.91. The molecule has 3 aromatic carbocycles. The molecule has 40 heavy (non-hydrogen) atoms. The van der Waals surface area contributed by atoms with Gasteiger partial charge in [-0.15, -0.1) is 0 Å². The molecule has 0 saturated carbocycles. The monoisotopic (exact) mass is 543 g/mol. The molecule has 3 amide bonds. The Kier molecular flexibility index (Phi) is 10.8. The third-order valence-corrected chi connectivity index (χ3v) is 6.28. The van der Waals surface area contributed by atoms with Crippen LogP contribution in [0.5, 0.6) is 0 Å². The summed E-state index contributed by atoms with van der Waals surface area (Å²) in [4.78, 5) is 38.9. The van der Waals surface area contributed by atoms with Gasteiger partial charge in [-0.3, -0.25) is 19.6 Å². The third-order valence-electron chi connectivity index (χ3n) is 6.28. The van der Waals surface area contributed by atoms with Crippen LogP contribution in [0, 0.1) is 5.41 Å². The van der Waals surface area contributed by atoms with Crippen molar-refractivity contribution >= 4 is 23.8 Å². The molecule has 0 fully saturated rings. The second kappa shape index (κ2) is 14.2. The number of carbonyl (C=O) groups excluding carboxylic acids is 3. The van der Waals surface area contributed by atoms with Gasteiger partial charge in [-0.05, 0) is 22.1 Å². The molecule has 0 spiro atoms. The zero-order chi connectivity index (χ0) is 29.1. The lowest BCUT2D eigenvalue weighted by Gasteiger charge is -2.36. The fourth-order valence-corrected chi connectivity index (χ4v) is 4.29. The van der Waals surface area contributed by atoms with Gasteiger partial charge in [0.05, 0.1) is 12.5 Å². The van der Waals surface area contributed by atoms with Crippen molar-refractivity contribution in [1.29, 1.82) is 0 Å². The number of hydrogen-bond acceptors (Lipinski definition) is 5. The Morgan fingerprint density at radius 1 is 0.850 bits per heavy atom. The summed E-state index contributed by atoms with van der Waals surface area (Å²) in [5.41, 5.74) is 1.71. The Labute approximate surface area is 235 Å². The highest BCUT2D eigenvalue weighted by atomic mass is 16.5. The van der Waals surface area contributed by atoms with Gasteiger partial charge < -0.3 is 15.7 Å². The number of benzene rings is 3. The number of hydroxylamine groups is 2. The minimum Gasteiger partial charge on any atom is -0.383 e. The zero-order valence-corrected chi connectivity index (χ0v) is 23.0. The van der Waals surface area contributed by atoms with E-state index in [1.54, 1.807) is 26.8 Å². The Balaban J connectivity index is 1.67. The number of amides is 3. The topological polar surface area (TPSA) is 119 Å². The Bertz CT molecular complexity index is 1230. The van der Waals surface area contributed by atoms with Crippen molar-refractivity contribution in [2.75, 3.05) is 6.54 Å². The molecule has 0 aliphatic heterocycles. The van der Waals surface area contributed by atoms with E-state index in [9.17, 15) is 24.7 Å². The molecule has 8 nitrogen and oxygen atoms in total. The molecule has 0 bridgehead atoms. The molecule has 2 atom stereocenters. The van der Waals surface area contributed by atoms with Crippen LogP contribution >= 0.6 is 0 Å². The highest BCUT2D eigenvalue weighted by Crippen LogP contribution is 2.27. The van der Waals surface area contributed by atoms with Gasteiger partial charge in [-0.25, -0.2) is 5.06 Å². The van der Waals surface area contributed by atoms with Crippen LogP contribution in [0.25, 0.3) is 6.08 Å². The standard InChI is InChI=1S/C32H37N3O5/c1-32(2,3)29(30(38)34-28(24-17-9-5-10-18-24)25-19-11-6-12-20-25)35(40)31(39)26(36)22-27(37)33-21-13-16-23-14-7-4-8-15-23/h4-20,26,28-29,36,40H,21-22H2,1-3H3,(H,33,37)(H,34,38)/t26-,29+/m0/s1. The van der Waals surface area contributed by atoms with E-state index in [0.717, 1.165) is 16.7 Å². The van der Waals surface area contributed by atoms with Crippen LogP contribution in [0.4, 0.5) is 0 Å². The molecule has 0 aromatic heterocycles. The summed E-state index contributed by atoms with van der Waals surface area (Å²) in [6.07, 6.45) is 1.18. The van der Waals surface area contributed by atoms with E-state index in [2.05, 4.69) is 10.6 Å². The predicted molar refractivity (Wildman–Crippen MR) is 154 cm³/mol. The first-order valence-corrected chi connectivity index (χ1v) is 13.2. The fraction of sp³-hybridized carbons (Fsp3) is 0.281. The van der Waals surface area contributed by atoms with E-state index in [4.69, 9.17) is 0 Å². The molecule has 0 aliphatic carbocycles. The number of nitrogens with zero attached hydrogens (tertiary/aromatic N) is 1. The Hall–Kier alpha value is -4.27. The summed E-state index contributed by atoms with van der Waals surface area (Å²) >= 11 is 0. The normalized spacial score (nSPS) is 13.1. The Morgan fingerprint density at radius 2 is 1.35 bits per heavy atom. The highest BCUT2D eigenvalue weighted by Gasteiger charge is 2.41. The van der Waals surface area contributed by atoms with Crippen LogP contribution in [0.3, 0.4) is 0 Å². The number of aliphatic hydroxyl groups is 1. The summed E-state index contributed by atoms with van der Waals surface area (Å²) in [5.74, 6) is -2.32. The molecule has 0 heterocycles. The van der Waals surface area contributed by atoms with Crippen molar-refractivity contribution < 1.29 is 24.7 Å². The molecule has 8 heteroatoms. The van der Waals surface area contributed by atoms with Gasteiger partial charge in [0.25, 0.3) is 5.91 Å². The number of nitrogens with one attached hydrogen (secondary N) is 2. The third kappa shape index (κ3) is 8.62. The Morgan fingerprint density at radius 3 is 1.85 bits per heavy atom. The molecule has 210 valence electrons. The summed E-state index contributed by atoms with van der Waals surface area (Å²) in [5, 5.41) is 27.2. The van der Waals surface area contributed by atoms with Gasteiger partial charge in [0, 0.05) is 6.54 Å². The van der Waals surface area contributed by atoms with E-state index in [0.29, 0.717) is 0 Å². The quantitative estimate of drug-likeness (QED) is 0.214. The number of hydrogen-bond donors (Lipinski definition) is 4. The molecule has 0 aliphatic rings. The van der Waals surface area contributed by atoms with Gasteiger partial charge in [0.15, 0.2) is 0 Å². The maximum absolute atomic E-state index is 13.6. The minimum absolute atomic E-state index is 0.199. The summed E-state index contributed by atoms with van der Waals surface area (Å²) in [7, 11) is 0. The first-order chi connectivity index (χ1) is 19.1. The van der Waals surface area contributed by atoms with Crippen LogP contribution in [0.15, 0.2) is 97.1 Å². The smallest absolute Gasteiger partial charge is 0.276 e. The number of aliphatic hydroxyl groups excluding tert-OH is 1. The molecule has 4 N–H and O–H groups in total. The van der Waals surface area contributed by atoms with E-state index < -0.39 is 47.7 Å². The van der Waals surface area contributed by atoms with E-state index >= 15 is 0 Å². The fourth-order valence-electron chi connectivity index (χ4n) is 4.29. The molecular weight excluding hydrogens is 506 g/mol. The molecule has 0 radical (unpaired) electrons. The summed E-state index contributed by atoms with van der Waals surface area (Å²) < 4.78 is 0. The van der Waals surface area contributed by atoms with Crippen LogP contribution in [0.2, 0.25) is 0 Å². The van der Waals surface area contributed by atoms with Crippen LogP contribution in [-0.4, -0.2) is 51.8 Å². The first-order valence-electron chi connectivity index (χ1n) is 13.2. The number of rotatable bonds is 11. The van der Waals surface area contributed by atoms with Gasteiger partial charge in [-0.2, -0.15) is 0 Å².